The van der Waals surface area contributed by atoms with Gasteiger partial charge in [-0.25, -0.2) is 0 Å². The van der Waals surface area contributed by atoms with Crippen LogP contribution in [0.5, 0.6) is 0 Å². The second kappa shape index (κ2) is 29.3. The fourth-order valence-corrected chi connectivity index (χ4v) is 6.97. The van der Waals surface area contributed by atoms with Crippen molar-refractivity contribution < 1.29 is 15.3 Å². The topological polar surface area (TPSA) is 60.7 Å². The van der Waals surface area contributed by atoms with Crippen molar-refractivity contribution in [3.63, 3.8) is 0 Å². The van der Waals surface area contributed by atoms with E-state index in [0.29, 0.717) is 19.3 Å². The predicted octanol–water partition coefficient (Wildman–Crippen LogP) is 13.0. The van der Waals surface area contributed by atoms with Crippen LogP contribution in [0.25, 0.3) is 0 Å². The Morgan fingerprint density at radius 2 is 0.558 bits per heavy atom. The van der Waals surface area contributed by atoms with Gasteiger partial charge in [0, 0.05) is 0 Å². The minimum Gasteiger partial charge on any atom is -0.343 e. The van der Waals surface area contributed by atoms with Gasteiger partial charge in [0.1, 0.15) is 0 Å². The first-order valence-electron chi connectivity index (χ1n) is 19.8. The van der Waals surface area contributed by atoms with E-state index in [1.807, 2.05) is 6.92 Å². The lowest BCUT2D eigenvalue weighted by molar-refractivity contribution is -0.379. The lowest BCUT2D eigenvalue weighted by atomic mass is 9.73. The minimum atomic E-state index is -2.56. The second-order valence-electron chi connectivity index (χ2n) is 15.3. The Morgan fingerprint density at radius 3 is 0.744 bits per heavy atom. The van der Waals surface area contributed by atoms with Gasteiger partial charge >= 0.3 is 0 Å². The van der Waals surface area contributed by atoms with Gasteiger partial charge in [-0.3, -0.25) is 0 Å². The number of rotatable bonds is 34. The van der Waals surface area contributed by atoms with Gasteiger partial charge in [0.05, 0.1) is 5.41 Å². The quantitative estimate of drug-likeness (QED) is 0.0501. The van der Waals surface area contributed by atoms with Crippen molar-refractivity contribution in [3.8, 4) is 0 Å². The summed E-state index contributed by atoms with van der Waals surface area (Å²) >= 11 is 0. The first kappa shape index (κ1) is 42.9. The summed E-state index contributed by atoms with van der Waals surface area (Å²) in [5.41, 5.74) is -0.781. The van der Waals surface area contributed by atoms with Crippen molar-refractivity contribution in [3.05, 3.63) is 0 Å². The minimum absolute atomic E-state index is 0.617. The molecule has 43 heavy (non-hydrogen) atoms. The van der Waals surface area contributed by atoms with Gasteiger partial charge in [-0.1, -0.05) is 214 Å². The van der Waals surface area contributed by atoms with Gasteiger partial charge in [0.25, 0.3) is 5.97 Å². The standard InChI is InChI=1S/C40H82O3/c1-6-39(40(41,42)43,35-31-27-23-19-15-11-7-9-13-17-21-25-29-33-37(2)3)36-32-28-24-20-16-12-8-10-14-18-22-26-30-34-38(4)5/h37-38,41-43H,6-36H2,1-5H3. The van der Waals surface area contributed by atoms with Crippen LogP contribution in [0.3, 0.4) is 0 Å². The Morgan fingerprint density at radius 1 is 0.349 bits per heavy atom. The van der Waals surface area contributed by atoms with Gasteiger partial charge in [-0.2, -0.15) is 0 Å². The Balaban J connectivity index is 3.78. The lowest BCUT2D eigenvalue weighted by Crippen LogP contribution is -2.48. The molecular weight excluding hydrogens is 528 g/mol. The molecule has 0 spiro atoms. The summed E-state index contributed by atoms with van der Waals surface area (Å²) in [6.45, 7) is 11.3. The summed E-state index contributed by atoms with van der Waals surface area (Å²) in [4.78, 5) is 0. The highest BCUT2D eigenvalue weighted by molar-refractivity contribution is 4.84. The zero-order valence-corrected chi connectivity index (χ0v) is 30.4. The van der Waals surface area contributed by atoms with E-state index in [2.05, 4.69) is 27.7 Å². The van der Waals surface area contributed by atoms with Crippen LogP contribution >= 0.6 is 0 Å². The zero-order valence-electron chi connectivity index (χ0n) is 30.4. The molecule has 0 unspecified atom stereocenters. The molecule has 3 N–H and O–H groups in total. The summed E-state index contributed by atoms with van der Waals surface area (Å²) in [5.74, 6) is -0.852. The first-order chi connectivity index (χ1) is 20.6. The third-order valence-electron chi connectivity index (χ3n) is 10.3. The maximum atomic E-state index is 10.3. The van der Waals surface area contributed by atoms with Gasteiger partial charge in [-0.15, -0.1) is 0 Å². The third-order valence-corrected chi connectivity index (χ3v) is 10.3. The fraction of sp³-hybridized carbons (Fsp3) is 1.00. The van der Waals surface area contributed by atoms with E-state index in [1.165, 1.54) is 154 Å². The van der Waals surface area contributed by atoms with Gasteiger partial charge in [-0.05, 0) is 31.1 Å². The van der Waals surface area contributed by atoms with E-state index >= 15 is 0 Å². The van der Waals surface area contributed by atoms with Crippen LogP contribution in [-0.4, -0.2) is 21.3 Å². The monoisotopic (exact) mass is 611 g/mol. The Bertz CT molecular complexity index is 512. The second-order valence-corrected chi connectivity index (χ2v) is 15.3. The number of hydrogen-bond donors (Lipinski definition) is 3. The van der Waals surface area contributed by atoms with Crippen LogP contribution in [-0.2, 0) is 0 Å². The third kappa shape index (κ3) is 26.8. The molecule has 0 radical (unpaired) electrons. The average Bonchev–Trinajstić information content (AvgIpc) is 2.95. The Labute approximate surface area is 271 Å². The van der Waals surface area contributed by atoms with Gasteiger partial charge < -0.3 is 15.3 Å². The van der Waals surface area contributed by atoms with Gasteiger partial charge in [0.2, 0.25) is 0 Å². The largest absolute Gasteiger partial charge is 0.343 e. The molecule has 0 amide bonds. The number of hydrogen-bond acceptors (Lipinski definition) is 3. The van der Waals surface area contributed by atoms with Crippen molar-refractivity contribution in [2.75, 3.05) is 0 Å². The highest BCUT2D eigenvalue weighted by Gasteiger charge is 2.46. The molecule has 0 aromatic carbocycles. The Hall–Kier alpha value is -0.120. The highest BCUT2D eigenvalue weighted by Crippen LogP contribution is 2.42. The SMILES string of the molecule is CCC(CCCCCCCCCCCCCCCC(C)C)(CCCCCCCCCCCCCCCC(C)C)C(O)(O)O. The van der Waals surface area contributed by atoms with E-state index in [9.17, 15) is 15.3 Å². The summed E-state index contributed by atoms with van der Waals surface area (Å²) in [7, 11) is 0. The predicted molar refractivity (Wildman–Crippen MR) is 190 cm³/mol. The molecule has 0 aliphatic carbocycles. The van der Waals surface area contributed by atoms with Crippen molar-refractivity contribution in [2.24, 2.45) is 17.3 Å². The first-order valence-corrected chi connectivity index (χ1v) is 19.8. The van der Waals surface area contributed by atoms with E-state index in [4.69, 9.17) is 0 Å². The molecule has 3 heteroatoms. The molecule has 0 rings (SSSR count). The summed E-state index contributed by atoms with van der Waals surface area (Å²) < 4.78 is 0. The van der Waals surface area contributed by atoms with Crippen molar-refractivity contribution in [2.45, 2.75) is 240 Å². The van der Waals surface area contributed by atoms with Crippen molar-refractivity contribution >= 4 is 0 Å². The number of aliphatic hydroxyl groups is 3. The molecule has 3 nitrogen and oxygen atoms in total. The van der Waals surface area contributed by atoms with E-state index in [0.717, 1.165) is 37.5 Å². The molecule has 0 heterocycles. The molecule has 0 aliphatic rings. The molecule has 0 saturated carbocycles. The molecular formula is C40H82O3. The summed E-state index contributed by atoms with van der Waals surface area (Å²) in [5, 5.41) is 30.9. The molecule has 0 aliphatic heterocycles. The van der Waals surface area contributed by atoms with Crippen LogP contribution in [0.15, 0.2) is 0 Å². The average molecular weight is 611 g/mol. The van der Waals surface area contributed by atoms with Crippen molar-refractivity contribution in [1.29, 1.82) is 0 Å². The molecule has 0 aromatic heterocycles. The Kier molecular flexibility index (Phi) is 29.2. The fourth-order valence-electron chi connectivity index (χ4n) is 6.97. The maximum absolute atomic E-state index is 10.3. The molecule has 0 aromatic rings. The smallest absolute Gasteiger partial charge is 0.281 e. The molecule has 0 atom stereocenters. The normalized spacial score (nSPS) is 12.7. The van der Waals surface area contributed by atoms with Crippen LogP contribution in [0.2, 0.25) is 0 Å². The zero-order chi connectivity index (χ0) is 32.1. The van der Waals surface area contributed by atoms with Crippen LogP contribution < -0.4 is 0 Å². The number of unbranched alkanes of at least 4 members (excludes halogenated alkanes) is 24. The maximum Gasteiger partial charge on any atom is 0.281 e. The highest BCUT2D eigenvalue weighted by atomic mass is 16.7. The van der Waals surface area contributed by atoms with Crippen LogP contribution in [0, 0.1) is 17.3 Å². The van der Waals surface area contributed by atoms with E-state index in [1.54, 1.807) is 0 Å². The van der Waals surface area contributed by atoms with E-state index < -0.39 is 11.4 Å². The van der Waals surface area contributed by atoms with Crippen LogP contribution in [0.1, 0.15) is 234 Å². The molecule has 0 fully saturated rings. The molecule has 0 saturated heterocycles. The van der Waals surface area contributed by atoms with E-state index in [-0.39, 0.29) is 0 Å². The summed E-state index contributed by atoms with van der Waals surface area (Å²) in [6, 6.07) is 0. The van der Waals surface area contributed by atoms with Gasteiger partial charge in [0.15, 0.2) is 0 Å². The van der Waals surface area contributed by atoms with Crippen molar-refractivity contribution in [1.82, 2.24) is 0 Å². The lowest BCUT2D eigenvalue weighted by Gasteiger charge is -2.40. The van der Waals surface area contributed by atoms with Crippen LogP contribution in [0.4, 0.5) is 0 Å². The molecule has 0 bridgehead atoms. The summed E-state index contributed by atoms with van der Waals surface area (Å²) in [6.07, 6.45) is 39.1. The molecule has 260 valence electrons.